The highest BCUT2D eigenvalue weighted by molar-refractivity contribution is 7.99. The second-order valence-corrected chi connectivity index (χ2v) is 4.73. The van der Waals surface area contributed by atoms with E-state index in [0.29, 0.717) is 12.2 Å². The van der Waals surface area contributed by atoms with Gasteiger partial charge in [-0.25, -0.2) is 4.79 Å². The molecule has 0 aliphatic rings. The van der Waals surface area contributed by atoms with E-state index in [4.69, 9.17) is 5.11 Å². The maximum atomic E-state index is 10.9. The first-order valence-corrected chi connectivity index (χ1v) is 6.66. The smallest absolute Gasteiger partial charge is 0.335 e. The predicted molar refractivity (Wildman–Crippen MR) is 76.1 cm³/mol. The Morgan fingerprint density at radius 3 is 2.89 bits per heavy atom. The number of nitro benzene ring substituents is 1. The quantitative estimate of drug-likeness (QED) is 0.329. The minimum atomic E-state index is -1.18. The SMILES string of the molecule is C=CCSCCNc1ccc(C(=O)O)cc1[N+](=O)[O-]. The van der Waals surface area contributed by atoms with Gasteiger partial charge in [0.1, 0.15) is 5.69 Å². The molecule has 19 heavy (non-hydrogen) atoms. The number of anilines is 1. The topological polar surface area (TPSA) is 92.5 Å². The van der Waals surface area contributed by atoms with Crippen molar-refractivity contribution < 1.29 is 14.8 Å². The second kappa shape index (κ2) is 7.42. The number of nitrogens with zero attached hydrogens (tertiary/aromatic N) is 1. The van der Waals surface area contributed by atoms with Crippen molar-refractivity contribution in [2.45, 2.75) is 0 Å². The van der Waals surface area contributed by atoms with Gasteiger partial charge in [-0.05, 0) is 12.1 Å². The van der Waals surface area contributed by atoms with Crippen LogP contribution < -0.4 is 5.32 Å². The molecule has 1 aromatic rings. The number of aromatic carboxylic acids is 1. The number of hydrogen-bond donors (Lipinski definition) is 2. The molecule has 0 aromatic heterocycles. The summed E-state index contributed by atoms with van der Waals surface area (Å²) in [6.07, 6.45) is 1.79. The van der Waals surface area contributed by atoms with Crippen LogP contribution in [-0.2, 0) is 0 Å². The summed E-state index contributed by atoms with van der Waals surface area (Å²) in [7, 11) is 0. The van der Waals surface area contributed by atoms with E-state index < -0.39 is 10.9 Å². The third kappa shape index (κ3) is 4.63. The van der Waals surface area contributed by atoms with E-state index in [2.05, 4.69) is 11.9 Å². The first-order chi connectivity index (χ1) is 9.06. The summed E-state index contributed by atoms with van der Waals surface area (Å²) in [5.41, 5.74) is 0.00102. The van der Waals surface area contributed by atoms with Gasteiger partial charge in [0.25, 0.3) is 5.69 Å². The Labute approximate surface area is 114 Å². The van der Waals surface area contributed by atoms with Gasteiger partial charge in [0, 0.05) is 24.1 Å². The molecule has 0 aliphatic heterocycles. The molecule has 0 unspecified atom stereocenters. The number of thioether (sulfide) groups is 1. The second-order valence-electron chi connectivity index (χ2n) is 3.58. The Bertz CT molecular complexity index is 491. The van der Waals surface area contributed by atoms with Crippen molar-refractivity contribution >= 4 is 29.1 Å². The molecular weight excluding hydrogens is 268 g/mol. The largest absolute Gasteiger partial charge is 0.478 e. The summed E-state index contributed by atoms with van der Waals surface area (Å²) in [6.45, 7) is 4.16. The number of hydrogen-bond acceptors (Lipinski definition) is 5. The van der Waals surface area contributed by atoms with Gasteiger partial charge in [-0.1, -0.05) is 6.08 Å². The van der Waals surface area contributed by atoms with Crippen LogP contribution in [0.5, 0.6) is 0 Å². The highest BCUT2D eigenvalue weighted by Crippen LogP contribution is 2.25. The average molecular weight is 282 g/mol. The van der Waals surface area contributed by atoms with E-state index in [0.717, 1.165) is 17.6 Å². The Morgan fingerprint density at radius 1 is 1.58 bits per heavy atom. The Morgan fingerprint density at radius 2 is 2.32 bits per heavy atom. The number of benzene rings is 1. The number of nitro groups is 1. The van der Waals surface area contributed by atoms with Gasteiger partial charge in [0.2, 0.25) is 0 Å². The molecule has 1 aromatic carbocycles. The Balaban J connectivity index is 2.74. The van der Waals surface area contributed by atoms with Crippen molar-refractivity contribution in [2.75, 3.05) is 23.4 Å². The molecule has 0 saturated carbocycles. The Hall–Kier alpha value is -2.02. The lowest BCUT2D eigenvalue weighted by Gasteiger charge is -2.07. The molecule has 0 atom stereocenters. The maximum Gasteiger partial charge on any atom is 0.335 e. The first-order valence-electron chi connectivity index (χ1n) is 5.50. The molecule has 0 amide bonds. The molecule has 0 radical (unpaired) electrons. The highest BCUT2D eigenvalue weighted by Gasteiger charge is 2.16. The van der Waals surface area contributed by atoms with Crippen LogP contribution in [-0.4, -0.2) is 34.0 Å². The number of rotatable bonds is 8. The van der Waals surface area contributed by atoms with Crippen LogP contribution in [0, 0.1) is 10.1 Å². The summed E-state index contributed by atoms with van der Waals surface area (Å²) in [4.78, 5) is 21.1. The molecule has 0 aliphatic carbocycles. The number of carbonyl (C=O) groups is 1. The number of carboxylic acid groups (broad SMARTS) is 1. The van der Waals surface area contributed by atoms with E-state index in [9.17, 15) is 14.9 Å². The minimum absolute atomic E-state index is 0.0988. The predicted octanol–water partition coefficient (Wildman–Crippen LogP) is 2.62. The maximum absolute atomic E-state index is 10.9. The van der Waals surface area contributed by atoms with Crippen LogP contribution in [0.3, 0.4) is 0 Å². The Kier molecular flexibility index (Phi) is 5.87. The lowest BCUT2D eigenvalue weighted by molar-refractivity contribution is -0.384. The lowest BCUT2D eigenvalue weighted by atomic mass is 10.1. The van der Waals surface area contributed by atoms with Crippen molar-refractivity contribution in [3.63, 3.8) is 0 Å². The van der Waals surface area contributed by atoms with Gasteiger partial charge in [0.05, 0.1) is 10.5 Å². The molecule has 6 nitrogen and oxygen atoms in total. The van der Waals surface area contributed by atoms with E-state index in [1.165, 1.54) is 12.1 Å². The van der Waals surface area contributed by atoms with E-state index in [1.54, 1.807) is 17.8 Å². The molecule has 2 N–H and O–H groups in total. The normalized spacial score (nSPS) is 9.89. The number of nitrogens with one attached hydrogen (secondary N) is 1. The van der Waals surface area contributed by atoms with E-state index in [-0.39, 0.29) is 11.3 Å². The van der Waals surface area contributed by atoms with Crippen molar-refractivity contribution in [3.05, 3.63) is 46.5 Å². The van der Waals surface area contributed by atoms with Gasteiger partial charge in [-0.2, -0.15) is 11.8 Å². The monoisotopic (exact) mass is 282 g/mol. The van der Waals surface area contributed by atoms with E-state index >= 15 is 0 Å². The molecule has 0 saturated heterocycles. The van der Waals surface area contributed by atoms with Gasteiger partial charge < -0.3 is 10.4 Å². The molecule has 0 spiro atoms. The summed E-state index contributed by atoms with van der Waals surface area (Å²) in [5.74, 6) is 0.419. The van der Waals surface area contributed by atoms with Crippen molar-refractivity contribution in [1.29, 1.82) is 0 Å². The average Bonchev–Trinajstić information content (AvgIpc) is 2.38. The zero-order valence-corrected chi connectivity index (χ0v) is 11.0. The molecule has 102 valence electrons. The van der Waals surface area contributed by atoms with Gasteiger partial charge in [0.15, 0.2) is 0 Å². The summed E-state index contributed by atoms with van der Waals surface area (Å²) in [6, 6.07) is 3.82. The third-order valence-electron chi connectivity index (χ3n) is 2.24. The molecule has 0 bridgehead atoms. The molecule has 1 rings (SSSR count). The molecule has 0 heterocycles. The van der Waals surface area contributed by atoms with Crippen LogP contribution in [0.25, 0.3) is 0 Å². The van der Waals surface area contributed by atoms with Crippen LogP contribution in [0.15, 0.2) is 30.9 Å². The fourth-order valence-corrected chi connectivity index (χ4v) is 1.97. The van der Waals surface area contributed by atoms with Crippen molar-refractivity contribution in [2.24, 2.45) is 0 Å². The minimum Gasteiger partial charge on any atom is -0.478 e. The van der Waals surface area contributed by atoms with Crippen LogP contribution in [0.1, 0.15) is 10.4 Å². The number of carboxylic acids is 1. The zero-order chi connectivity index (χ0) is 14.3. The van der Waals surface area contributed by atoms with Crippen LogP contribution in [0.4, 0.5) is 11.4 Å². The first kappa shape index (κ1) is 15.0. The van der Waals surface area contributed by atoms with Gasteiger partial charge >= 0.3 is 5.97 Å². The molecular formula is C12H14N2O4S. The fourth-order valence-electron chi connectivity index (χ4n) is 1.39. The van der Waals surface area contributed by atoms with Crippen LogP contribution in [0.2, 0.25) is 0 Å². The van der Waals surface area contributed by atoms with Crippen molar-refractivity contribution in [3.8, 4) is 0 Å². The zero-order valence-electron chi connectivity index (χ0n) is 10.2. The highest BCUT2D eigenvalue weighted by atomic mass is 32.2. The molecule has 0 fully saturated rings. The van der Waals surface area contributed by atoms with E-state index in [1.807, 2.05) is 0 Å². The summed E-state index contributed by atoms with van der Waals surface area (Å²) >= 11 is 1.65. The molecule has 7 heteroatoms. The third-order valence-corrected chi connectivity index (χ3v) is 3.20. The van der Waals surface area contributed by atoms with Crippen LogP contribution >= 0.6 is 11.8 Å². The standard InChI is InChI=1S/C12H14N2O4S/c1-2-6-19-7-5-13-10-4-3-9(12(15)16)8-11(10)14(17)18/h2-4,8,13H,1,5-7H2,(H,15,16). The fraction of sp³-hybridized carbons (Fsp3) is 0.250. The lowest BCUT2D eigenvalue weighted by Crippen LogP contribution is -2.07. The summed E-state index contributed by atoms with van der Waals surface area (Å²) in [5, 5.41) is 22.6. The van der Waals surface area contributed by atoms with Crippen molar-refractivity contribution in [1.82, 2.24) is 0 Å². The van der Waals surface area contributed by atoms with Gasteiger partial charge in [-0.3, -0.25) is 10.1 Å². The summed E-state index contributed by atoms with van der Waals surface area (Å²) < 4.78 is 0. The van der Waals surface area contributed by atoms with Gasteiger partial charge in [-0.15, -0.1) is 6.58 Å².